The van der Waals surface area contributed by atoms with Gasteiger partial charge in [0.05, 0.1) is 11.0 Å². The third-order valence-electron chi connectivity index (χ3n) is 2.58. The summed E-state index contributed by atoms with van der Waals surface area (Å²) in [5, 5.41) is 10.7. The van der Waals surface area contributed by atoms with Crippen molar-refractivity contribution in [3.05, 3.63) is 34.1 Å². The number of nitro groups is 1. The van der Waals surface area contributed by atoms with Crippen LogP contribution < -0.4 is 4.74 Å². The number of ether oxygens (including phenoxy) is 2. The second kappa shape index (κ2) is 5.09. The Morgan fingerprint density at radius 2 is 2.41 bits per heavy atom. The lowest BCUT2D eigenvalue weighted by Gasteiger charge is -2.11. The van der Waals surface area contributed by atoms with Crippen LogP contribution in [-0.4, -0.2) is 24.2 Å². The van der Waals surface area contributed by atoms with Crippen molar-refractivity contribution in [3.8, 4) is 5.75 Å². The van der Waals surface area contributed by atoms with Gasteiger partial charge in [-0.25, -0.2) is 4.39 Å². The highest BCUT2D eigenvalue weighted by molar-refractivity contribution is 5.46. The molecule has 6 heteroatoms. The van der Waals surface area contributed by atoms with Gasteiger partial charge in [0.25, 0.3) is 0 Å². The van der Waals surface area contributed by atoms with Crippen LogP contribution in [0.25, 0.3) is 0 Å². The molecule has 5 nitrogen and oxygen atoms in total. The minimum Gasteiger partial charge on any atom is -0.482 e. The Balaban J connectivity index is 2.10. The molecule has 1 aliphatic rings. The number of halogens is 1. The van der Waals surface area contributed by atoms with Gasteiger partial charge in [-0.05, 0) is 18.9 Å². The van der Waals surface area contributed by atoms with Gasteiger partial charge >= 0.3 is 5.69 Å². The van der Waals surface area contributed by atoms with Crippen molar-refractivity contribution >= 4 is 5.69 Å². The van der Waals surface area contributed by atoms with Gasteiger partial charge in [0.15, 0.2) is 5.82 Å². The number of benzene rings is 1. The summed E-state index contributed by atoms with van der Waals surface area (Å²) in [6.07, 6.45) is 1.67. The van der Waals surface area contributed by atoms with E-state index in [1.807, 2.05) is 0 Å². The third kappa shape index (κ3) is 2.71. The zero-order chi connectivity index (χ0) is 12.3. The maximum atomic E-state index is 13.4. The maximum Gasteiger partial charge on any atom is 0.314 e. The zero-order valence-electron chi connectivity index (χ0n) is 9.10. The van der Waals surface area contributed by atoms with Crippen molar-refractivity contribution in [2.75, 3.05) is 13.2 Å². The zero-order valence-corrected chi connectivity index (χ0v) is 9.10. The molecule has 1 aromatic carbocycles. The molecule has 0 unspecified atom stereocenters. The quantitative estimate of drug-likeness (QED) is 0.599. The Morgan fingerprint density at radius 3 is 3.06 bits per heavy atom. The summed E-state index contributed by atoms with van der Waals surface area (Å²) in [6, 6.07) is 3.64. The van der Waals surface area contributed by atoms with Crippen LogP contribution in [0.5, 0.6) is 5.75 Å². The Morgan fingerprint density at radius 1 is 1.59 bits per heavy atom. The van der Waals surface area contributed by atoms with Crippen LogP contribution in [0.4, 0.5) is 10.1 Å². The molecule has 1 aliphatic heterocycles. The van der Waals surface area contributed by atoms with Gasteiger partial charge in [0.1, 0.15) is 6.61 Å². The molecule has 92 valence electrons. The summed E-state index contributed by atoms with van der Waals surface area (Å²) in [6.45, 7) is 0.801. The molecule has 0 amide bonds. The van der Waals surface area contributed by atoms with Gasteiger partial charge in [-0.15, -0.1) is 0 Å². The second-order valence-electron chi connectivity index (χ2n) is 3.79. The standard InChI is InChI=1S/C11H12FNO4/c12-9-4-1-5-10(13(14)15)11(9)17-7-8-3-2-6-16-8/h1,4-5,8H,2-3,6-7H2/t8-/m1/s1. The fourth-order valence-electron chi connectivity index (χ4n) is 1.74. The maximum absolute atomic E-state index is 13.4. The summed E-state index contributed by atoms with van der Waals surface area (Å²) < 4.78 is 23.9. The van der Waals surface area contributed by atoms with Gasteiger partial charge in [-0.2, -0.15) is 0 Å². The number of hydrogen-bond acceptors (Lipinski definition) is 4. The van der Waals surface area contributed by atoms with E-state index in [0.29, 0.717) is 6.61 Å². The van der Waals surface area contributed by atoms with Gasteiger partial charge in [0, 0.05) is 12.7 Å². The molecule has 0 aromatic heterocycles. The summed E-state index contributed by atoms with van der Waals surface area (Å²) in [5.74, 6) is -1.04. The van der Waals surface area contributed by atoms with E-state index in [-0.39, 0.29) is 24.1 Å². The molecule has 1 heterocycles. The van der Waals surface area contributed by atoms with Gasteiger partial charge in [-0.1, -0.05) is 6.07 Å². The van der Waals surface area contributed by atoms with Gasteiger partial charge in [0.2, 0.25) is 5.75 Å². The number of nitro benzene ring substituents is 1. The predicted octanol–water partition coefficient (Wildman–Crippen LogP) is 2.29. The first-order valence-corrected chi connectivity index (χ1v) is 5.36. The van der Waals surface area contributed by atoms with Gasteiger partial charge in [-0.3, -0.25) is 10.1 Å². The molecule has 0 bridgehead atoms. The van der Waals surface area contributed by atoms with Crippen LogP contribution >= 0.6 is 0 Å². The Labute approximate surface area is 97.3 Å². The Hall–Kier alpha value is -1.69. The molecular formula is C11H12FNO4. The summed E-state index contributed by atoms with van der Waals surface area (Å²) in [5.41, 5.74) is -0.358. The summed E-state index contributed by atoms with van der Waals surface area (Å²) in [7, 11) is 0. The second-order valence-corrected chi connectivity index (χ2v) is 3.79. The van der Waals surface area contributed by atoms with Crippen molar-refractivity contribution in [1.82, 2.24) is 0 Å². The van der Waals surface area contributed by atoms with Crippen LogP contribution in [0, 0.1) is 15.9 Å². The smallest absolute Gasteiger partial charge is 0.314 e. The van der Waals surface area contributed by atoms with Crippen LogP contribution in [0.1, 0.15) is 12.8 Å². The van der Waals surface area contributed by atoms with Crippen molar-refractivity contribution < 1.29 is 18.8 Å². The van der Waals surface area contributed by atoms with E-state index in [0.717, 1.165) is 18.9 Å². The molecule has 17 heavy (non-hydrogen) atoms. The first-order chi connectivity index (χ1) is 8.18. The minimum atomic E-state index is -0.725. The Bertz CT molecular complexity index is 418. The lowest BCUT2D eigenvalue weighted by Crippen LogP contribution is -2.17. The molecule has 0 aliphatic carbocycles. The average molecular weight is 241 g/mol. The minimum absolute atomic E-state index is 0.103. The molecule has 2 rings (SSSR count). The van der Waals surface area contributed by atoms with Crippen molar-refractivity contribution in [2.24, 2.45) is 0 Å². The van der Waals surface area contributed by atoms with E-state index in [1.165, 1.54) is 12.1 Å². The predicted molar refractivity (Wildman–Crippen MR) is 57.5 cm³/mol. The van der Waals surface area contributed by atoms with E-state index < -0.39 is 10.7 Å². The van der Waals surface area contributed by atoms with E-state index in [4.69, 9.17) is 9.47 Å². The molecule has 1 aromatic rings. The monoisotopic (exact) mass is 241 g/mol. The van der Waals surface area contributed by atoms with E-state index >= 15 is 0 Å². The van der Waals surface area contributed by atoms with Crippen LogP contribution in [-0.2, 0) is 4.74 Å². The molecule has 0 spiro atoms. The number of para-hydroxylation sites is 1. The van der Waals surface area contributed by atoms with Crippen LogP contribution in [0.2, 0.25) is 0 Å². The first kappa shape index (κ1) is 11.8. The summed E-state index contributed by atoms with van der Waals surface area (Å²) >= 11 is 0. The lowest BCUT2D eigenvalue weighted by molar-refractivity contribution is -0.386. The van der Waals surface area contributed by atoms with E-state index in [9.17, 15) is 14.5 Å². The topological polar surface area (TPSA) is 61.6 Å². The normalized spacial score (nSPS) is 19.2. The van der Waals surface area contributed by atoms with Gasteiger partial charge < -0.3 is 9.47 Å². The molecule has 0 radical (unpaired) electrons. The molecule has 1 saturated heterocycles. The van der Waals surface area contributed by atoms with Crippen LogP contribution in [0.3, 0.4) is 0 Å². The Kier molecular flexibility index (Phi) is 3.53. The molecule has 1 atom stereocenters. The highest BCUT2D eigenvalue weighted by Gasteiger charge is 2.22. The van der Waals surface area contributed by atoms with E-state index in [2.05, 4.69) is 0 Å². The lowest BCUT2D eigenvalue weighted by atomic mass is 10.2. The number of rotatable bonds is 4. The fourth-order valence-corrected chi connectivity index (χ4v) is 1.74. The highest BCUT2D eigenvalue weighted by Crippen LogP contribution is 2.30. The third-order valence-corrected chi connectivity index (χ3v) is 2.58. The molecule has 0 N–H and O–H groups in total. The highest BCUT2D eigenvalue weighted by atomic mass is 19.1. The largest absolute Gasteiger partial charge is 0.482 e. The SMILES string of the molecule is O=[N+]([O-])c1cccc(F)c1OC[C@H]1CCCO1. The van der Waals surface area contributed by atoms with Crippen molar-refractivity contribution in [3.63, 3.8) is 0 Å². The molecular weight excluding hydrogens is 229 g/mol. The molecule has 0 saturated carbocycles. The number of hydrogen-bond donors (Lipinski definition) is 0. The first-order valence-electron chi connectivity index (χ1n) is 5.36. The summed E-state index contributed by atoms with van der Waals surface area (Å²) in [4.78, 5) is 10.0. The molecule has 1 fully saturated rings. The van der Waals surface area contributed by atoms with Crippen LogP contribution in [0.15, 0.2) is 18.2 Å². The fraction of sp³-hybridized carbons (Fsp3) is 0.455. The van der Waals surface area contributed by atoms with Crippen molar-refractivity contribution in [1.29, 1.82) is 0 Å². The number of nitrogens with zero attached hydrogens (tertiary/aromatic N) is 1. The average Bonchev–Trinajstić information content (AvgIpc) is 2.80. The van der Waals surface area contributed by atoms with E-state index in [1.54, 1.807) is 0 Å². The van der Waals surface area contributed by atoms with Crippen molar-refractivity contribution in [2.45, 2.75) is 18.9 Å².